The van der Waals surface area contributed by atoms with Gasteiger partial charge in [-0.1, -0.05) is 178 Å². The second kappa shape index (κ2) is 28.1. The molecule has 0 bridgehead atoms. The minimum Gasteiger partial charge on any atom is -0.663 e. The summed E-state index contributed by atoms with van der Waals surface area (Å²) >= 11 is 0. The van der Waals surface area contributed by atoms with Crippen molar-refractivity contribution >= 4 is 24.7 Å². The Morgan fingerprint density at radius 1 is 0.556 bits per heavy atom. The summed E-state index contributed by atoms with van der Waals surface area (Å²) < 4.78 is 4.94. The van der Waals surface area contributed by atoms with Gasteiger partial charge in [0.2, 0.25) is 0 Å². The summed E-state index contributed by atoms with van der Waals surface area (Å²) in [5.41, 5.74) is 1.65. The number of ether oxygens (including phenoxy) is 1. The molecule has 1 fully saturated rings. The summed E-state index contributed by atoms with van der Waals surface area (Å²) in [4.78, 5) is 18.2. The molecule has 0 radical (unpaired) electrons. The van der Waals surface area contributed by atoms with Crippen molar-refractivity contribution in [1.29, 1.82) is 0 Å². The monoisotopic (exact) mass is 1000 g/mol. The van der Waals surface area contributed by atoms with E-state index in [-0.39, 0.29) is 50.0 Å². The van der Waals surface area contributed by atoms with E-state index in [1.807, 2.05) is 60.7 Å². The van der Waals surface area contributed by atoms with Crippen LogP contribution in [0.25, 0.3) is 14.9 Å². The van der Waals surface area contributed by atoms with Gasteiger partial charge in [0.15, 0.2) is 0 Å². The van der Waals surface area contributed by atoms with Gasteiger partial charge in [0.25, 0.3) is 0 Å². The van der Waals surface area contributed by atoms with E-state index in [1.54, 1.807) is 0 Å². The molecule has 0 N–H and O–H groups in total. The fourth-order valence-corrected chi connectivity index (χ4v) is 7.41. The van der Waals surface area contributed by atoms with Gasteiger partial charge in [-0.2, -0.15) is 0 Å². The number of benzene rings is 2. The molecule has 294 valence electrons. The molecule has 0 unspecified atom stereocenters. The molecule has 54 heavy (non-hydrogen) atoms. The first kappa shape index (κ1) is 58.0. The van der Waals surface area contributed by atoms with Crippen molar-refractivity contribution < 1.29 is 54.7 Å². The summed E-state index contributed by atoms with van der Waals surface area (Å²) in [6.07, 6.45) is 15.9. The van der Waals surface area contributed by atoms with Crippen LogP contribution in [-0.2, 0) is 4.74 Å². The fraction of sp³-hybridized carbons (Fsp3) is 0.636. The van der Waals surface area contributed by atoms with E-state index >= 15 is 0 Å². The first-order valence-corrected chi connectivity index (χ1v) is 28.1. The van der Waals surface area contributed by atoms with Crippen LogP contribution in [0.15, 0.2) is 60.7 Å². The molecule has 3 rings (SSSR count). The van der Waals surface area contributed by atoms with Crippen LogP contribution < -0.4 is 18.9 Å². The molecule has 2 aromatic rings. The SMILES string of the molecule is C1CCOC1.CC(C)(C)[Si](C)(C)[N-]CCN(CC[N-][Si](C)(C)C(C)(C)C)CC[N-][Si](C)(C)C(C)(C)C.[C-]#Cc1ccccc1.[C-]#Cc1ccccc1.[Li+].[U+4]. The van der Waals surface area contributed by atoms with Crippen molar-refractivity contribution in [2.45, 2.75) is 130 Å². The summed E-state index contributed by atoms with van der Waals surface area (Å²) in [7, 11) is -4.74. The topological polar surface area (TPSA) is 54.8 Å². The van der Waals surface area contributed by atoms with E-state index in [2.05, 4.69) is 118 Å². The van der Waals surface area contributed by atoms with Crippen LogP contribution in [0.3, 0.4) is 0 Å². The minimum atomic E-state index is -1.58. The number of nitrogens with zero attached hydrogens (tertiary/aromatic N) is 4. The second-order valence-electron chi connectivity index (χ2n) is 18.2. The largest absolute Gasteiger partial charge is 4.00 e. The fourth-order valence-electron chi connectivity index (χ4n) is 4.01. The Labute approximate surface area is 374 Å². The Morgan fingerprint density at radius 3 is 0.981 bits per heavy atom. The maximum Gasteiger partial charge on any atom is 4.00 e. The van der Waals surface area contributed by atoms with Crippen LogP contribution in [0.1, 0.15) is 86.3 Å². The Hall–Kier alpha value is -0.340. The standard InChI is InChI=1S/C24H57N4Si3.2C8H5.C4H8O.Li.U/c1-22(2,3)29(10,11)25-16-19-28(20-17-26-30(12,13)23(4,5)6)21-18-27-31(14,15)24(7,8)9;2*1-2-8-6-4-3-5-7-8;1-2-4-5-3-1;;/h16-21H2,1-15H3;2*3-7H;1-4H2;;/q-3;2*-1;;+1;+4. The zero-order chi connectivity index (χ0) is 40.1. The van der Waals surface area contributed by atoms with Crippen molar-refractivity contribution in [3.8, 4) is 11.8 Å². The zero-order valence-corrected chi connectivity index (χ0v) is 44.7. The van der Waals surface area contributed by atoms with Crippen LogP contribution in [-0.4, -0.2) is 82.1 Å². The second-order valence-corrected chi connectivity index (χ2v) is 33.0. The molecule has 2 aromatic carbocycles. The Bertz CT molecular complexity index is 1170. The van der Waals surface area contributed by atoms with Gasteiger partial charge in [-0.3, -0.25) is 11.8 Å². The third-order valence-electron chi connectivity index (χ3n) is 10.9. The maximum atomic E-state index is 6.69. The summed E-state index contributed by atoms with van der Waals surface area (Å²) in [5.74, 6) is 4.55. The Balaban J connectivity index is -0.000000895. The van der Waals surface area contributed by atoms with Gasteiger partial charge < -0.3 is 37.4 Å². The molecule has 10 heteroatoms. The number of rotatable bonds is 12. The summed E-state index contributed by atoms with van der Waals surface area (Å²) in [6, 6.07) is 18.7. The van der Waals surface area contributed by atoms with Crippen LogP contribution in [0.5, 0.6) is 0 Å². The quantitative estimate of drug-likeness (QED) is 0.121. The van der Waals surface area contributed by atoms with Crippen molar-refractivity contribution in [3.05, 3.63) is 99.6 Å². The molecule has 1 heterocycles. The molecular weight excluding hydrogens is 930 g/mol. The van der Waals surface area contributed by atoms with Gasteiger partial charge in [0.05, 0.1) is 0 Å². The van der Waals surface area contributed by atoms with E-state index in [1.165, 1.54) is 12.8 Å². The maximum absolute atomic E-state index is 6.69. The van der Waals surface area contributed by atoms with Crippen LogP contribution in [0, 0.1) is 55.8 Å². The molecule has 1 saturated heterocycles. The Kier molecular flexibility index (Phi) is 30.2. The molecule has 1 aliphatic rings. The van der Waals surface area contributed by atoms with Gasteiger partial charge in [-0.05, 0) is 32.5 Å². The number of hydrogen-bond acceptors (Lipinski definition) is 2. The van der Waals surface area contributed by atoms with Crippen LogP contribution in [0.4, 0.5) is 0 Å². The van der Waals surface area contributed by atoms with Crippen molar-refractivity contribution in [1.82, 2.24) is 4.90 Å². The predicted molar refractivity (Wildman–Crippen MR) is 238 cm³/mol. The molecule has 1 aliphatic heterocycles. The average Bonchev–Trinajstić information content (AvgIpc) is 3.65. The van der Waals surface area contributed by atoms with Gasteiger partial charge >= 0.3 is 50.0 Å². The molecule has 0 atom stereocenters. The average molecular weight is 1010 g/mol. The van der Waals surface area contributed by atoms with E-state index in [0.717, 1.165) is 63.6 Å². The van der Waals surface area contributed by atoms with Crippen molar-refractivity contribution in [2.75, 3.05) is 52.5 Å². The van der Waals surface area contributed by atoms with E-state index < -0.39 is 24.7 Å². The van der Waals surface area contributed by atoms with Crippen LogP contribution >= 0.6 is 0 Å². The Morgan fingerprint density at radius 2 is 0.815 bits per heavy atom. The molecule has 0 aromatic heterocycles. The number of hydrogen-bond donors (Lipinski definition) is 0. The van der Waals surface area contributed by atoms with E-state index in [0.29, 0.717) is 15.1 Å². The van der Waals surface area contributed by atoms with Gasteiger partial charge in [0, 0.05) is 13.2 Å². The first-order chi connectivity index (χ1) is 23.9. The third-order valence-corrected chi connectivity index (χ3v) is 25.0. The summed E-state index contributed by atoms with van der Waals surface area (Å²) in [6.45, 7) is 43.4. The van der Waals surface area contributed by atoms with Gasteiger partial charge in [-0.15, -0.1) is 55.0 Å². The van der Waals surface area contributed by atoms with Crippen molar-refractivity contribution in [3.63, 3.8) is 0 Å². The van der Waals surface area contributed by atoms with E-state index in [9.17, 15) is 0 Å². The smallest absolute Gasteiger partial charge is 0.663 e. The summed E-state index contributed by atoms with van der Waals surface area (Å²) in [5, 5.41) is 0.938. The zero-order valence-electron chi connectivity index (χ0n) is 37.5. The molecule has 0 spiro atoms. The predicted octanol–water partition coefficient (Wildman–Crippen LogP) is 9.47. The minimum absolute atomic E-state index is 0. The molecule has 5 nitrogen and oxygen atoms in total. The normalized spacial score (nSPS) is 13.2. The molecule has 0 saturated carbocycles. The first-order valence-electron chi connectivity index (χ1n) is 19.2. The van der Waals surface area contributed by atoms with Gasteiger partial charge in [0.1, 0.15) is 0 Å². The van der Waals surface area contributed by atoms with Gasteiger partial charge in [-0.25, -0.2) is 0 Å². The molecule has 0 amide bonds. The molecular formula is C44H75LiN4OSi3U. The third kappa shape index (κ3) is 25.1. The van der Waals surface area contributed by atoms with E-state index in [4.69, 9.17) is 32.5 Å². The van der Waals surface area contributed by atoms with Crippen LogP contribution in [0.2, 0.25) is 54.4 Å². The van der Waals surface area contributed by atoms with Crippen molar-refractivity contribution in [2.24, 2.45) is 0 Å². The molecule has 0 aliphatic carbocycles.